The van der Waals surface area contributed by atoms with Gasteiger partial charge in [-0.05, 0) is 52.7 Å². The van der Waals surface area contributed by atoms with E-state index in [2.05, 4.69) is 20.9 Å². The summed E-state index contributed by atoms with van der Waals surface area (Å²) in [6.45, 7) is 1.93. The van der Waals surface area contributed by atoms with Crippen LogP contribution < -0.4 is 5.56 Å². The van der Waals surface area contributed by atoms with Crippen molar-refractivity contribution in [1.82, 2.24) is 9.38 Å². The summed E-state index contributed by atoms with van der Waals surface area (Å²) in [5, 5.41) is 0.449. The van der Waals surface area contributed by atoms with Gasteiger partial charge in [0.15, 0.2) is 0 Å². The Balaban J connectivity index is 2.10. The number of thiophene rings is 1. The molecule has 0 saturated carbocycles. The quantitative estimate of drug-likeness (QED) is 0.652. The molecule has 0 atom stereocenters. The fourth-order valence-corrected chi connectivity index (χ4v) is 3.58. The molecule has 0 saturated heterocycles. The average Bonchev–Trinajstić information content (AvgIpc) is 2.84. The Bertz CT molecular complexity index is 913. The van der Waals surface area contributed by atoms with Crippen molar-refractivity contribution in [2.24, 2.45) is 0 Å². The summed E-state index contributed by atoms with van der Waals surface area (Å²) in [5.74, 6) is 0. The molecule has 6 heteroatoms. The molecule has 0 aliphatic rings. The van der Waals surface area contributed by atoms with Crippen LogP contribution in [0.4, 0.5) is 0 Å². The molecule has 3 aromatic heterocycles. The Labute approximate surface area is 138 Å². The minimum atomic E-state index is -0.141. The van der Waals surface area contributed by atoms with Crippen LogP contribution in [0, 0.1) is 6.92 Å². The third-order valence-electron chi connectivity index (χ3n) is 2.92. The van der Waals surface area contributed by atoms with Gasteiger partial charge in [0.2, 0.25) is 0 Å². The maximum Gasteiger partial charge on any atom is 0.258 e. The lowest BCUT2D eigenvalue weighted by molar-refractivity contribution is 1.02. The van der Waals surface area contributed by atoms with E-state index in [1.807, 2.05) is 37.3 Å². The summed E-state index contributed by atoms with van der Waals surface area (Å²) in [6, 6.07) is 9.08. The van der Waals surface area contributed by atoms with Gasteiger partial charge in [-0.15, -0.1) is 11.3 Å². The third-order valence-corrected chi connectivity index (χ3v) is 4.79. The van der Waals surface area contributed by atoms with E-state index < -0.39 is 0 Å². The van der Waals surface area contributed by atoms with Gasteiger partial charge < -0.3 is 0 Å². The molecule has 0 aliphatic heterocycles. The van der Waals surface area contributed by atoms with Crippen LogP contribution in [0.2, 0.25) is 0 Å². The van der Waals surface area contributed by atoms with Crippen molar-refractivity contribution < 1.29 is 0 Å². The Morgan fingerprint density at radius 1 is 1.38 bits per heavy atom. The molecule has 0 N–H and O–H groups in total. The fraction of sp³-hybridized carbons (Fsp3) is 0.0667. The molecule has 0 aromatic carbocycles. The molecule has 21 heavy (non-hydrogen) atoms. The predicted molar refractivity (Wildman–Crippen MR) is 91.9 cm³/mol. The minimum Gasteiger partial charge on any atom is -0.269 e. The van der Waals surface area contributed by atoms with Crippen molar-refractivity contribution in [3.05, 3.63) is 66.8 Å². The van der Waals surface area contributed by atoms with Gasteiger partial charge in [0.05, 0.1) is 14.5 Å². The molecule has 3 heterocycles. The van der Waals surface area contributed by atoms with E-state index in [4.69, 9.17) is 11.6 Å². The van der Waals surface area contributed by atoms with Gasteiger partial charge in [-0.1, -0.05) is 17.7 Å². The number of nitrogens with zero attached hydrogens (tertiary/aromatic N) is 2. The largest absolute Gasteiger partial charge is 0.269 e. The second-order valence-corrected chi connectivity index (χ2v) is 7.45. The zero-order valence-corrected chi connectivity index (χ0v) is 14.2. The highest BCUT2D eigenvalue weighted by Crippen LogP contribution is 2.27. The van der Waals surface area contributed by atoms with Gasteiger partial charge in [-0.25, -0.2) is 4.98 Å². The number of rotatable bonds is 2. The second kappa shape index (κ2) is 5.75. The highest BCUT2D eigenvalue weighted by molar-refractivity contribution is 9.11. The SMILES string of the molecule is Cc1ccc2nc(/C(Cl)=C/c3ccc(Br)s3)cc(=O)n2c1. The molecule has 3 nitrogen and oxygen atoms in total. The van der Waals surface area contributed by atoms with E-state index in [-0.39, 0.29) is 5.56 Å². The van der Waals surface area contributed by atoms with E-state index in [0.29, 0.717) is 16.4 Å². The second-order valence-electron chi connectivity index (χ2n) is 4.55. The van der Waals surface area contributed by atoms with Gasteiger partial charge >= 0.3 is 0 Å². The normalized spacial score (nSPS) is 12.0. The first kappa shape index (κ1) is 14.5. The first-order chi connectivity index (χ1) is 10.0. The van der Waals surface area contributed by atoms with Gasteiger partial charge in [-0.3, -0.25) is 9.20 Å². The van der Waals surface area contributed by atoms with E-state index in [1.54, 1.807) is 17.5 Å². The van der Waals surface area contributed by atoms with Crippen molar-refractivity contribution in [3.63, 3.8) is 0 Å². The Hall–Kier alpha value is -1.43. The molecule has 0 bridgehead atoms. The van der Waals surface area contributed by atoms with E-state index in [1.165, 1.54) is 10.5 Å². The summed E-state index contributed by atoms with van der Waals surface area (Å²) < 4.78 is 2.55. The summed E-state index contributed by atoms with van der Waals surface area (Å²) in [6.07, 6.45) is 3.58. The minimum absolute atomic E-state index is 0.141. The number of hydrogen-bond acceptors (Lipinski definition) is 3. The van der Waals surface area contributed by atoms with Crippen molar-refractivity contribution in [3.8, 4) is 0 Å². The molecule has 0 amide bonds. The summed E-state index contributed by atoms with van der Waals surface area (Å²) in [7, 11) is 0. The molecule has 0 spiro atoms. The van der Waals surface area contributed by atoms with Crippen LogP contribution in [0.15, 0.2) is 45.1 Å². The number of hydrogen-bond donors (Lipinski definition) is 0. The van der Waals surface area contributed by atoms with Crippen molar-refractivity contribution in [1.29, 1.82) is 0 Å². The summed E-state index contributed by atoms with van der Waals surface area (Å²) in [5.41, 5.74) is 1.93. The van der Waals surface area contributed by atoms with Crippen molar-refractivity contribution in [2.75, 3.05) is 0 Å². The van der Waals surface area contributed by atoms with E-state index in [9.17, 15) is 4.79 Å². The highest BCUT2D eigenvalue weighted by Gasteiger charge is 2.06. The van der Waals surface area contributed by atoms with Crippen LogP contribution in [-0.4, -0.2) is 9.38 Å². The number of fused-ring (bicyclic) bond motifs is 1. The Morgan fingerprint density at radius 2 is 2.19 bits per heavy atom. The lowest BCUT2D eigenvalue weighted by Crippen LogP contribution is -2.15. The summed E-state index contributed by atoms with van der Waals surface area (Å²) >= 11 is 11.3. The number of pyridine rings is 1. The van der Waals surface area contributed by atoms with Crippen molar-refractivity contribution >= 4 is 55.6 Å². The van der Waals surface area contributed by atoms with Crippen LogP contribution in [0.25, 0.3) is 16.8 Å². The zero-order chi connectivity index (χ0) is 15.0. The van der Waals surface area contributed by atoms with Gasteiger partial charge in [0.1, 0.15) is 5.65 Å². The fourth-order valence-electron chi connectivity index (χ4n) is 1.94. The molecule has 0 aliphatic carbocycles. The smallest absolute Gasteiger partial charge is 0.258 e. The van der Waals surface area contributed by atoms with Gasteiger partial charge in [0.25, 0.3) is 5.56 Å². The maximum absolute atomic E-state index is 12.1. The van der Waals surface area contributed by atoms with Crippen LogP contribution >= 0.6 is 38.9 Å². The molecule has 3 rings (SSSR count). The topological polar surface area (TPSA) is 34.4 Å². The first-order valence-corrected chi connectivity index (χ1v) is 8.15. The van der Waals surface area contributed by atoms with E-state index in [0.717, 1.165) is 14.2 Å². The van der Waals surface area contributed by atoms with Crippen molar-refractivity contribution in [2.45, 2.75) is 6.92 Å². The van der Waals surface area contributed by atoms with Gasteiger partial charge in [0, 0.05) is 17.1 Å². The molecular formula is C15H10BrClN2OS. The number of halogens is 2. The lowest BCUT2D eigenvalue weighted by Gasteiger charge is -2.04. The number of aromatic nitrogens is 2. The molecule has 3 aromatic rings. The van der Waals surface area contributed by atoms with Crippen LogP contribution in [-0.2, 0) is 0 Å². The monoisotopic (exact) mass is 380 g/mol. The van der Waals surface area contributed by atoms with Crippen LogP contribution in [0.5, 0.6) is 0 Å². The molecular weight excluding hydrogens is 372 g/mol. The first-order valence-electron chi connectivity index (χ1n) is 6.16. The molecule has 0 radical (unpaired) electrons. The average molecular weight is 382 g/mol. The zero-order valence-electron chi connectivity index (χ0n) is 11.0. The summed E-state index contributed by atoms with van der Waals surface area (Å²) in [4.78, 5) is 17.6. The van der Waals surface area contributed by atoms with E-state index >= 15 is 0 Å². The number of aryl methyl sites for hydroxylation is 1. The maximum atomic E-state index is 12.1. The standard InChI is InChI=1S/C15H10BrClN2OS/c1-9-2-5-14-18-12(7-15(20)19(14)8-9)11(17)6-10-3-4-13(16)21-10/h2-8H,1H3/b11-6-. The van der Waals surface area contributed by atoms with Crippen LogP contribution in [0.3, 0.4) is 0 Å². The Morgan fingerprint density at radius 3 is 2.90 bits per heavy atom. The molecule has 0 unspecified atom stereocenters. The van der Waals surface area contributed by atoms with Gasteiger partial charge in [-0.2, -0.15) is 0 Å². The Kier molecular flexibility index (Phi) is 3.97. The highest BCUT2D eigenvalue weighted by atomic mass is 79.9. The molecule has 0 fully saturated rings. The predicted octanol–water partition coefficient (Wildman–Crippen LogP) is 4.56. The molecule has 106 valence electrons. The third kappa shape index (κ3) is 3.10. The lowest BCUT2D eigenvalue weighted by atomic mass is 10.3. The van der Waals surface area contributed by atoms with Crippen LogP contribution in [0.1, 0.15) is 16.1 Å².